The van der Waals surface area contributed by atoms with Gasteiger partial charge in [-0.25, -0.2) is 0 Å². The molecule has 0 heterocycles. The molecule has 2 aromatic carbocycles. The molecular weight excluding hydrogens is 256 g/mol. The minimum Gasteiger partial charge on any atom is -0.508 e. The number of aromatic hydroxyl groups is 2. The van der Waals surface area contributed by atoms with Crippen LogP contribution >= 0.6 is 0 Å². The number of hydrogen-bond acceptors (Lipinski definition) is 4. The van der Waals surface area contributed by atoms with Crippen molar-refractivity contribution >= 4 is 12.2 Å². The first-order chi connectivity index (χ1) is 9.63. The van der Waals surface area contributed by atoms with Gasteiger partial charge in [0.05, 0.1) is 14.2 Å². The third-order valence-electron chi connectivity index (χ3n) is 2.84. The maximum absolute atomic E-state index is 9.83. The summed E-state index contributed by atoms with van der Waals surface area (Å²) in [6.07, 6.45) is 3.70. The van der Waals surface area contributed by atoms with Crippen LogP contribution in [0.1, 0.15) is 11.1 Å². The highest BCUT2D eigenvalue weighted by Gasteiger charge is 2.09. The van der Waals surface area contributed by atoms with E-state index in [1.54, 1.807) is 30.3 Å². The summed E-state index contributed by atoms with van der Waals surface area (Å²) in [4.78, 5) is 0. The van der Waals surface area contributed by atoms with Crippen LogP contribution in [0.2, 0.25) is 0 Å². The number of methoxy groups -OCH3 is 2. The van der Waals surface area contributed by atoms with Crippen LogP contribution in [0, 0.1) is 0 Å². The van der Waals surface area contributed by atoms with Crippen LogP contribution in [-0.4, -0.2) is 24.4 Å². The molecule has 4 heteroatoms. The molecule has 20 heavy (non-hydrogen) atoms. The Kier molecular flexibility index (Phi) is 4.15. The van der Waals surface area contributed by atoms with Crippen LogP contribution in [0.4, 0.5) is 0 Å². The topological polar surface area (TPSA) is 58.9 Å². The van der Waals surface area contributed by atoms with E-state index in [2.05, 4.69) is 0 Å². The highest BCUT2D eigenvalue weighted by molar-refractivity contribution is 5.73. The molecule has 0 aliphatic carbocycles. The SMILES string of the molecule is COc1cc(/C=C/c2cccc(O)c2)cc(OC)c1O. The molecule has 0 saturated carbocycles. The second-order valence-electron chi connectivity index (χ2n) is 4.20. The molecule has 0 spiro atoms. The van der Waals surface area contributed by atoms with Crippen molar-refractivity contribution in [2.45, 2.75) is 0 Å². The van der Waals surface area contributed by atoms with Gasteiger partial charge in [-0.2, -0.15) is 0 Å². The van der Waals surface area contributed by atoms with Gasteiger partial charge >= 0.3 is 0 Å². The second-order valence-corrected chi connectivity index (χ2v) is 4.20. The van der Waals surface area contributed by atoms with E-state index in [1.165, 1.54) is 14.2 Å². The molecule has 0 fully saturated rings. The largest absolute Gasteiger partial charge is 0.508 e. The Labute approximate surface area is 117 Å². The Morgan fingerprint density at radius 1 is 0.850 bits per heavy atom. The summed E-state index contributed by atoms with van der Waals surface area (Å²) in [7, 11) is 2.97. The zero-order valence-electron chi connectivity index (χ0n) is 11.3. The number of rotatable bonds is 4. The number of phenolic OH excluding ortho intramolecular Hbond substituents is 2. The first-order valence-electron chi connectivity index (χ1n) is 6.06. The Balaban J connectivity index is 2.33. The van der Waals surface area contributed by atoms with Crippen LogP contribution in [0.3, 0.4) is 0 Å². The molecule has 0 bridgehead atoms. The lowest BCUT2D eigenvalue weighted by Gasteiger charge is -2.09. The third-order valence-corrected chi connectivity index (χ3v) is 2.84. The van der Waals surface area contributed by atoms with E-state index in [0.717, 1.165) is 11.1 Å². The summed E-state index contributed by atoms with van der Waals surface area (Å²) in [6, 6.07) is 10.3. The fourth-order valence-electron chi connectivity index (χ4n) is 1.83. The van der Waals surface area contributed by atoms with Gasteiger partial charge in [0, 0.05) is 0 Å². The van der Waals surface area contributed by atoms with Crippen molar-refractivity contribution in [3.63, 3.8) is 0 Å². The third kappa shape index (κ3) is 3.03. The van der Waals surface area contributed by atoms with Crippen molar-refractivity contribution in [1.29, 1.82) is 0 Å². The molecule has 0 amide bonds. The lowest BCUT2D eigenvalue weighted by atomic mass is 10.1. The first-order valence-corrected chi connectivity index (χ1v) is 6.06. The van der Waals surface area contributed by atoms with Crippen LogP contribution in [-0.2, 0) is 0 Å². The molecule has 0 radical (unpaired) electrons. The van der Waals surface area contributed by atoms with Crippen LogP contribution in [0.5, 0.6) is 23.0 Å². The van der Waals surface area contributed by atoms with Gasteiger partial charge in [-0.15, -0.1) is 0 Å². The second kappa shape index (κ2) is 6.02. The zero-order valence-corrected chi connectivity index (χ0v) is 11.3. The minimum absolute atomic E-state index is 0.0236. The van der Waals surface area contributed by atoms with E-state index in [0.29, 0.717) is 11.5 Å². The quantitative estimate of drug-likeness (QED) is 0.838. The molecule has 0 aromatic heterocycles. The summed E-state index contributed by atoms with van der Waals surface area (Å²) in [6.45, 7) is 0. The Morgan fingerprint density at radius 2 is 1.45 bits per heavy atom. The predicted molar refractivity (Wildman–Crippen MR) is 78.2 cm³/mol. The first kappa shape index (κ1) is 13.8. The van der Waals surface area contributed by atoms with E-state index in [9.17, 15) is 10.2 Å². The maximum Gasteiger partial charge on any atom is 0.200 e. The van der Waals surface area contributed by atoms with Gasteiger partial charge in [-0.1, -0.05) is 24.3 Å². The molecule has 0 atom stereocenters. The highest BCUT2D eigenvalue weighted by Crippen LogP contribution is 2.37. The van der Waals surface area contributed by atoms with E-state index in [4.69, 9.17) is 9.47 Å². The lowest BCUT2D eigenvalue weighted by Crippen LogP contribution is -1.90. The average Bonchev–Trinajstić information content (AvgIpc) is 2.46. The average molecular weight is 272 g/mol. The van der Waals surface area contributed by atoms with Crippen LogP contribution < -0.4 is 9.47 Å². The summed E-state index contributed by atoms with van der Waals surface area (Å²) in [5, 5.41) is 19.2. The van der Waals surface area contributed by atoms with E-state index in [-0.39, 0.29) is 11.5 Å². The molecule has 0 aliphatic rings. The Bertz CT molecular complexity index is 607. The van der Waals surface area contributed by atoms with Crippen LogP contribution in [0.25, 0.3) is 12.2 Å². The Morgan fingerprint density at radius 3 is 2.00 bits per heavy atom. The predicted octanol–water partition coefficient (Wildman–Crippen LogP) is 3.29. The summed E-state index contributed by atoms with van der Waals surface area (Å²) in [5.41, 5.74) is 1.69. The standard InChI is InChI=1S/C16H16O4/c1-19-14-9-12(10-15(20-2)16(14)18)7-6-11-4-3-5-13(17)8-11/h3-10,17-18H,1-2H3/b7-6+. The summed E-state index contributed by atoms with van der Waals surface area (Å²) in [5.74, 6) is 0.886. The normalized spacial score (nSPS) is 10.7. The molecule has 0 saturated heterocycles. The van der Waals surface area contributed by atoms with Gasteiger partial charge in [0.25, 0.3) is 0 Å². The van der Waals surface area contributed by atoms with Crippen molar-refractivity contribution in [1.82, 2.24) is 0 Å². The molecule has 2 N–H and O–H groups in total. The lowest BCUT2D eigenvalue weighted by molar-refractivity contribution is 0.340. The van der Waals surface area contributed by atoms with Crippen LogP contribution in [0.15, 0.2) is 36.4 Å². The van der Waals surface area contributed by atoms with E-state index < -0.39 is 0 Å². The molecule has 2 aromatic rings. The molecule has 0 unspecified atom stereocenters. The molecule has 104 valence electrons. The molecule has 4 nitrogen and oxygen atoms in total. The monoisotopic (exact) mass is 272 g/mol. The zero-order chi connectivity index (χ0) is 14.5. The van der Waals surface area contributed by atoms with Crippen molar-refractivity contribution < 1.29 is 19.7 Å². The van der Waals surface area contributed by atoms with Crippen molar-refractivity contribution in [2.75, 3.05) is 14.2 Å². The number of hydrogen-bond donors (Lipinski definition) is 2. The summed E-state index contributed by atoms with van der Waals surface area (Å²) >= 11 is 0. The number of benzene rings is 2. The minimum atomic E-state index is -0.0236. The maximum atomic E-state index is 9.83. The van der Waals surface area contributed by atoms with Crippen molar-refractivity contribution in [3.8, 4) is 23.0 Å². The summed E-state index contributed by atoms with van der Waals surface area (Å²) < 4.78 is 10.2. The van der Waals surface area contributed by atoms with Gasteiger partial charge in [0.2, 0.25) is 5.75 Å². The van der Waals surface area contributed by atoms with Gasteiger partial charge in [0.1, 0.15) is 5.75 Å². The number of ether oxygens (including phenoxy) is 2. The van der Waals surface area contributed by atoms with Gasteiger partial charge in [-0.3, -0.25) is 0 Å². The smallest absolute Gasteiger partial charge is 0.200 e. The van der Waals surface area contributed by atoms with E-state index >= 15 is 0 Å². The fourth-order valence-corrected chi connectivity index (χ4v) is 1.83. The van der Waals surface area contributed by atoms with Crippen molar-refractivity contribution in [3.05, 3.63) is 47.5 Å². The highest BCUT2D eigenvalue weighted by atomic mass is 16.5. The van der Waals surface area contributed by atoms with Gasteiger partial charge in [0.15, 0.2) is 11.5 Å². The molecule has 0 aliphatic heterocycles. The Hall–Kier alpha value is -2.62. The molecular formula is C16H16O4. The van der Waals surface area contributed by atoms with Gasteiger partial charge < -0.3 is 19.7 Å². The van der Waals surface area contributed by atoms with E-state index in [1.807, 2.05) is 18.2 Å². The van der Waals surface area contributed by atoms with Gasteiger partial charge in [-0.05, 0) is 35.4 Å². The molecule has 2 rings (SSSR count). The fraction of sp³-hybridized carbons (Fsp3) is 0.125. The number of phenols is 2. The van der Waals surface area contributed by atoms with Crippen molar-refractivity contribution in [2.24, 2.45) is 0 Å².